The Morgan fingerprint density at radius 2 is 1.69 bits per heavy atom. The zero-order valence-electron chi connectivity index (χ0n) is 19.9. The number of nitrogens with one attached hydrogen (secondary N) is 1. The number of carbonyl (C=O) groups is 1. The molecule has 32 heavy (non-hydrogen) atoms. The van der Waals surface area contributed by atoms with Crippen LogP contribution in [0.4, 0.5) is 0 Å². The first kappa shape index (κ1) is 24.8. The number of rotatable bonds is 6. The van der Waals surface area contributed by atoms with Gasteiger partial charge in [0.15, 0.2) is 0 Å². The molecule has 174 valence electrons. The number of likely N-dealkylation sites (tertiary alicyclic amines) is 1. The van der Waals surface area contributed by atoms with Crippen molar-refractivity contribution < 1.29 is 13.2 Å². The molecule has 5 nitrogen and oxygen atoms in total. The summed E-state index contributed by atoms with van der Waals surface area (Å²) < 4.78 is 29.3. The lowest BCUT2D eigenvalue weighted by Gasteiger charge is -2.31. The summed E-state index contributed by atoms with van der Waals surface area (Å²) in [6.45, 7) is 11.6. The molecule has 1 heterocycles. The number of hydrogen-bond donors (Lipinski definition) is 1. The van der Waals surface area contributed by atoms with E-state index in [9.17, 15) is 13.2 Å². The summed E-state index contributed by atoms with van der Waals surface area (Å²) in [5.41, 5.74) is 4.78. The highest BCUT2D eigenvalue weighted by atomic mass is 32.2. The Bertz CT molecular complexity index is 1100. The van der Waals surface area contributed by atoms with E-state index >= 15 is 0 Å². The first-order valence-corrected chi connectivity index (χ1v) is 13.8. The highest BCUT2D eigenvalue weighted by Crippen LogP contribution is 2.28. The summed E-state index contributed by atoms with van der Waals surface area (Å²) in [5.74, 6) is 0.529. The largest absolute Gasteiger partial charge is 0.339 e. The molecule has 1 saturated heterocycles. The molecule has 0 radical (unpaired) electrons. The number of piperidine rings is 1. The molecule has 0 spiro atoms. The van der Waals surface area contributed by atoms with Crippen LogP contribution in [-0.2, 0) is 10.0 Å². The molecule has 0 aliphatic carbocycles. The quantitative estimate of drug-likeness (QED) is 0.581. The Kier molecular flexibility index (Phi) is 7.73. The second kappa shape index (κ2) is 9.98. The van der Waals surface area contributed by atoms with Gasteiger partial charge in [-0.1, -0.05) is 19.1 Å². The van der Waals surface area contributed by atoms with Crippen molar-refractivity contribution in [1.29, 1.82) is 0 Å². The standard InChI is InChI=1S/C25H34N2O3S2/c1-16-9-11-27(12-10-16)25(28)23-15-21(7-8-24(23)31-6)32(29,30)26-20(5)22-14-18(3)17(2)13-19(22)4/h7-8,13-16,20,26H,9-12H2,1-6H3/t20-/m0/s1. The summed E-state index contributed by atoms with van der Waals surface area (Å²) in [4.78, 5) is 16.0. The molecule has 2 aromatic rings. The van der Waals surface area contributed by atoms with Crippen LogP contribution in [0.15, 0.2) is 40.1 Å². The van der Waals surface area contributed by atoms with Gasteiger partial charge >= 0.3 is 0 Å². The first-order chi connectivity index (χ1) is 15.0. The number of benzene rings is 2. The predicted molar refractivity (Wildman–Crippen MR) is 132 cm³/mol. The normalized spacial score (nSPS) is 16.2. The predicted octanol–water partition coefficient (Wildman–Crippen LogP) is 5.25. The lowest BCUT2D eigenvalue weighted by Crippen LogP contribution is -2.38. The molecule has 1 atom stereocenters. The molecule has 7 heteroatoms. The number of hydrogen-bond acceptors (Lipinski definition) is 4. The van der Waals surface area contributed by atoms with Crippen LogP contribution in [0.2, 0.25) is 0 Å². The number of amides is 1. The Balaban J connectivity index is 1.89. The van der Waals surface area contributed by atoms with Crippen molar-refractivity contribution in [3.05, 3.63) is 58.1 Å². The Morgan fingerprint density at radius 3 is 2.31 bits per heavy atom. The van der Waals surface area contributed by atoms with E-state index in [2.05, 4.69) is 24.6 Å². The van der Waals surface area contributed by atoms with Gasteiger partial charge in [-0.25, -0.2) is 13.1 Å². The highest BCUT2D eigenvalue weighted by Gasteiger charge is 2.26. The van der Waals surface area contributed by atoms with Gasteiger partial charge in [0.25, 0.3) is 5.91 Å². The number of aryl methyl sites for hydroxylation is 3. The second-order valence-corrected chi connectivity index (χ2v) is 11.5. The van der Waals surface area contributed by atoms with Crippen LogP contribution in [0.3, 0.4) is 0 Å². The molecule has 0 bridgehead atoms. The van der Waals surface area contributed by atoms with Gasteiger partial charge in [0.2, 0.25) is 10.0 Å². The van der Waals surface area contributed by atoms with Crippen molar-refractivity contribution in [1.82, 2.24) is 9.62 Å². The first-order valence-electron chi connectivity index (χ1n) is 11.1. The highest BCUT2D eigenvalue weighted by molar-refractivity contribution is 7.98. The molecule has 0 saturated carbocycles. The van der Waals surface area contributed by atoms with Crippen LogP contribution in [-0.4, -0.2) is 38.6 Å². The van der Waals surface area contributed by atoms with E-state index in [-0.39, 0.29) is 16.8 Å². The Hall–Kier alpha value is -1.83. The maximum atomic E-state index is 13.2. The van der Waals surface area contributed by atoms with Gasteiger partial charge < -0.3 is 4.90 Å². The topological polar surface area (TPSA) is 66.5 Å². The maximum absolute atomic E-state index is 13.2. The molecule has 1 amide bonds. The van der Waals surface area contributed by atoms with Gasteiger partial charge in [-0.2, -0.15) is 0 Å². The minimum atomic E-state index is -3.80. The summed E-state index contributed by atoms with van der Waals surface area (Å²) in [7, 11) is -3.80. The van der Waals surface area contributed by atoms with Crippen LogP contribution >= 0.6 is 11.8 Å². The van der Waals surface area contributed by atoms with Crippen molar-refractivity contribution >= 4 is 27.7 Å². The van der Waals surface area contributed by atoms with E-state index in [4.69, 9.17) is 0 Å². The number of sulfonamides is 1. The molecule has 0 aromatic heterocycles. The zero-order valence-corrected chi connectivity index (χ0v) is 21.5. The number of thioether (sulfide) groups is 1. The summed E-state index contributed by atoms with van der Waals surface area (Å²) in [5, 5.41) is 0. The third-order valence-corrected chi connectivity index (χ3v) is 8.80. The van der Waals surface area contributed by atoms with E-state index in [1.165, 1.54) is 23.4 Å². The smallest absolute Gasteiger partial charge is 0.255 e. The summed E-state index contributed by atoms with van der Waals surface area (Å²) >= 11 is 1.46. The van der Waals surface area contributed by atoms with Gasteiger partial charge in [-0.3, -0.25) is 4.79 Å². The van der Waals surface area contributed by atoms with Crippen molar-refractivity contribution in [3.8, 4) is 0 Å². The molecule has 2 aromatic carbocycles. The van der Waals surface area contributed by atoms with Gasteiger partial charge in [-0.05, 0) is 93.2 Å². The average Bonchev–Trinajstić information content (AvgIpc) is 2.75. The minimum absolute atomic E-state index is 0.0867. The van der Waals surface area contributed by atoms with E-state index < -0.39 is 10.0 Å². The fraction of sp³-hybridized carbons (Fsp3) is 0.480. The molecule has 1 aliphatic rings. The van der Waals surface area contributed by atoms with Crippen molar-refractivity contribution in [2.45, 2.75) is 63.3 Å². The monoisotopic (exact) mass is 474 g/mol. The van der Waals surface area contributed by atoms with Crippen LogP contribution in [0.25, 0.3) is 0 Å². The van der Waals surface area contributed by atoms with E-state index in [1.807, 2.05) is 38.0 Å². The maximum Gasteiger partial charge on any atom is 0.255 e. The fourth-order valence-corrected chi connectivity index (χ4v) is 6.04. The van der Waals surface area contributed by atoms with Gasteiger partial charge in [0.1, 0.15) is 0 Å². The number of carbonyl (C=O) groups excluding carboxylic acids is 1. The second-order valence-electron chi connectivity index (χ2n) is 8.97. The molecule has 0 unspecified atom stereocenters. The Morgan fingerprint density at radius 1 is 1.06 bits per heavy atom. The van der Waals surface area contributed by atoms with Gasteiger partial charge in [-0.15, -0.1) is 11.8 Å². The van der Waals surface area contributed by atoms with Crippen LogP contribution < -0.4 is 4.72 Å². The third-order valence-electron chi connectivity index (χ3n) is 6.46. The summed E-state index contributed by atoms with van der Waals surface area (Å²) in [6, 6.07) is 8.60. The van der Waals surface area contributed by atoms with E-state index in [0.29, 0.717) is 24.6 Å². The molecule has 3 rings (SSSR count). The number of nitrogens with zero attached hydrogens (tertiary/aromatic N) is 1. The fourth-order valence-electron chi connectivity index (χ4n) is 4.22. The summed E-state index contributed by atoms with van der Waals surface area (Å²) in [6.07, 6.45) is 3.86. The van der Waals surface area contributed by atoms with Crippen molar-refractivity contribution in [2.75, 3.05) is 19.3 Å². The van der Waals surface area contributed by atoms with Gasteiger partial charge in [0.05, 0.1) is 10.5 Å². The zero-order chi connectivity index (χ0) is 23.6. The lowest BCUT2D eigenvalue weighted by atomic mass is 9.97. The molecule has 1 fully saturated rings. The van der Waals surface area contributed by atoms with Crippen LogP contribution in [0.5, 0.6) is 0 Å². The third kappa shape index (κ3) is 5.38. The average molecular weight is 475 g/mol. The van der Waals surface area contributed by atoms with E-state index in [0.717, 1.165) is 34.4 Å². The SMILES string of the molecule is CSc1ccc(S(=O)(=O)N[C@@H](C)c2cc(C)c(C)cc2C)cc1C(=O)N1CCC(C)CC1. The van der Waals surface area contributed by atoms with Crippen molar-refractivity contribution in [3.63, 3.8) is 0 Å². The van der Waals surface area contributed by atoms with Crippen LogP contribution in [0, 0.1) is 26.7 Å². The van der Waals surface area contributed by atoms with Gasteiger partial charge in [0, 0.05) is 24.0 Å². The Labute approximate surface area is 197 Å². The molecule has 1 aliphatic heterocycles. The van der Waals surface area contributed by atoms with Crippen molar-refractivity contribution in [2.24, 2.45) is 5.92 Å². The molecule has 1 N–H and O–H groups in total. The lowest BCUT2D eigenvalue weighted by molar-refractivity contribution is 0.0693. The molecular weight excluding hydrogens is 440 g/mol. The van der Waals surface area contributed by atoms with Crippen LogP contribution in [0.1, 0.15) is 65.3 Å². The minimum Gasteiger partial charge on any atom is -0.339 e. The van der Waals surface area contributed by atoms with E-state index in [1.54, 1.807) is 12.1 Å². The molecular formula is C25H34N2O3S2.